The molecule has 0 radical (unpaired) electrons. The predicted molar refractivity (Wildman–Crippen MR) is 77.6 cm³/mol. The molecule has 118 valence electrons. The first kappa shape index (κ1) is 17.4. The molecule has 1 amide bonds. The van der Waals surface area contributed by atoms with Gasteiger partial charge in [-0.1, -0.05) is 0 Å². The van der Waals surface area contributed by atoms with Crippen LogP contribution in [0.4, 0.5) is 0 Å². The number of nitrogens with one attached hydrogen (secondary N) is 1. The van der Waals surface area contributed by atoms with Crippen molar-refractivity contribution in [2.45, 2.75) is 17.7 Å². The third-order valence-corrected chi connectivity index (χ3v) is 3.69. The van der Waals surface area contributed by atoms with Crippen molar-refractivity contribution in [1.82, 2.24) is 5.32 Å². The molecular formula is C13H20N2O5S. The molecule has 0 aliphatic rings. The highest BCUT2D eigenvalue weighted by atomic mass is 32.2. The molecule has 0 spiro atoms. The van der Waals surface area contributed by atoms with Crippen molar-refractivity contribution in [3.63, 3.8) is 0 Å². The number of hydrogen-bond acceptors (Lipinski definition) is 5. The fraction of sp³-hybridized carbons (Fsp3) is 0.462. The van der Waals surface area contributed by atoms with E-state index in [0.29, 0.717) is 30.9 Å². The van der Waals surface area contributed by atoms with Gasteiger partial charge in [0.25, 0.3) is 0 Å². The van der Waals surface area contributed by atoms with Gasteiger partial charge in [-0.05, 0) is 24.6 Å². The summed E-state index contributed by atoms with van der Waals surface area (Å²) < 4.78 is 32.7. The van der Waals surface area contributed by atoms with E-state index in [1.165, 1.54) is 25.3 Å². The summed E-state index contributed by atoms with van der Waals surface area (Å²) in [7, 11) is -0.775. The Hall–Kier alpha value is -1.64. The normalized spacial score (nSPS) is 11.2. The quantitative estimate of drug-likeness (QED) is 0.658. The lowest BCUT2D eigenvalue weighted by Gasteiger charge is -2.10. The summed E-state index contributed by atoms with van der Waals surface area (Å²) in [5, 5.41) is 7.80. The molecule has 0 unspecified atom stereocenters. The Kier molecular flexibility index (Phi) is 6.60. The molecule has 0 saturated heterocycles. The van der Waals surface area contributed by atoms with Crippen LogP contribution in [-0.4, -0.2) is 41.7 Å². The molecule has 1 aromatic carbocycles. The van der Waals surface area contributed by atoms with Crippen LogP contribution in [0.25, 0.3) is 0 Å². The molecule has 0 aromatic heterocycles. The molecule has 21 heavy (non-hydrogen) atoms. The summed E-state index contributed by atoms with van der Waals surface area (Å²) in [6.07, 6.45) is 0.718. The van der Waals surface area contributed by atoms with Gasteiger partial charge in [-0.3, -0.25) is 4.79 Å². The van der Waals surface area contributed by atoms with E-state index in [9.17, 15) is 13.2 Å². The molecule has 0 heterocycles. The largest absolute Gasteiger partial charge is 0.496 e. The molecule has 0 aliphatic heterocycles. The summed E-state index contributed by atoms with van der Waals surface area (Å²) in [6.45, 7) is 1.05. The number of amides is 1. The van der Waals surface area contributed by atoms with Gasteiger partial charge in [0.1, 0.15) is 5.75 Å². The summed E-state index contributed by atoms with van der Waals surface area (Å²) in [4.78, 5) is 11.8. The van der Waals surface area contributed by atoms with Gasteiger partial charge in [0.15, 0.2) is 0 Å². The number of methoxy groups -OCH3 is 2. The summed E-state index contributed by atoms with van der Waals surface area (Å²) in [6, 6.07) is 4.17. The molecule has 0 fully saturated rings. The van der Waals surface area contributed by atoms with Crippen LogP contribution in [0.2, 0.25) is 0 Å². The average molecular weight is 316 g/mol. The maximum atomic E-state index is 11.8. The van der Waals surface area contributed by atoms with Crippen LogP contribution in [-0.2, 0) is 26.0 Å². The number of sulfonamides is 1. The molecule has 7 nitrogen and oxygen atoms in total. The van der Waals surface area contributed by atoms with Gasteiger partial charge in [0.05, 0.1) is 18.4 Å². The van der Waals surface area contributed by atoms with Gasteiger partial charge in [-0.25, -0.2) is 13.6 Å². The highest BCUT2D eigenvalue weighted by molar-refractivity contribution is 7.89. The van der Waals surface area contributed by atoms with Crippen molar-refractivity contribution >= 4 is 15.9 Å². The number of ether oxygens (including phenoxy) is 2. The van der Waals surface area contributed by atoms with E-state index >= 15 is 0 Å². The number of primary sulfonamides is 1. The van der Waals surface area contributed by atoms with Gasteiger partial charge in [-0.15, -0.1) is 0 Å². The summed E-state index contributed by atoms with van der Waals surface area (Å²) >= 11 is 0. The highest BCUT2D eigenvalue weighted by Crippen LogP contribution is 2.22. The lowest BCUT2D eigenvalue weighted by Crippen LogP contribution is -2.27. The minimum Gasteiger partial charge on any atom is -0.496 e. The van der Waals surface area contributed by atoms with Crippen LogP contribution in [0, 0.1) is 0 Å². The maximum absolute atomic E-state index is 11.8. The molecule has 3 N–H and O–H groups in total. The van der Waals surface area contributed by atoms with E-state index in [1.807, 2.05) is 0 Å². The van der Waals surface area contributed by atoms with Gasteiger partial charge < -0.3 is 14.8 Å². The molecule has 0 atom stereocenters. The van der Waals surface area contributed by atoms with Crippen LogP contribution in [0.1, 0.15) is 12.0 Å². The number of benzene rings is 1. The molecule has 0 aliphatic carbocycles. The maximum Gasteiger partial charge on any atom is 0.238 e. The standard InChI is InChI=1S/C13H20N2O5S/c1-19-7-3-6-15-13(16)9-10-8-11(21(14,17)18)4-5-12(10)20-2/h4-5,8H,3,6-7,9H2,1-2H3,(H,15,16)(H2,14,17,18). The van der Waals surface area contributed by atoms with Crippen LogP contribution in [0.3, 0.4) is 0 Å². The second-order valence-electron chi connectivity index (χ2n) is 4.39. The number of carbonyl (C=O) groups excluding carboxylic acids is 1. The van der Waals surface area contributed by atoms with Gasteiger partial charge in [0.2, 0.25) is 15.9 Å². The molecular weight excluding hydrogens is 296 g/mol. The number of rotatable bonds is 8. The Labute approximate surface area is 124 Å². The Morgan fingerprint density at radius 1 is 1.33 bits per heavy atom. The van der Waals surface area contributed by atoms with Crippen LogP contribution < -0.4 is 15.2 Å². The Morgan fingerprint density at radius 3 is 2.62 bits per heavy atom. The number of carbonyl (C=O) groups is 1. The van der Waals surface area contributed by atoms with Crippen molar-refractivity contribution in [2.75, 3.05) is 27.4 Å². The first-order valence-electron chi connectivity index (χ1n) is 6.34. The molecule has 0 bridgehead atoms. The first-order chi connectivity index (χ1) is 9.88. The number of hydrogen-bond donors (Lipinski definition) is 2. The van der Waals surface area contributed by atoms with Crippen molar-refractivity contribution in [1.29, 1.82) is 0 Å². The van der Waals surface area contributed by atoms with Gasteiger partial charge in [0, 0.05) is 25.8 Å². The Balaban J connectivity index is 2.78. The SMILES string of the molecule is COCCCNC(=O)Cc1cc(S(N)(=O)=O)ccc1OC. The van der Waals surface area contributed by atoms with Gasteiger partial charge in [-0.2, -0.15) is 0 Å². The zero-order chi connectivity index (χ0) is 15.9. The first-order valence-corrected chi connectivity index (χ1v) is 7.88. The Morgan fingerprint density at radius 2 is 2.05 bits per heavy atom. The van der Waals surface area contributed by atoms with E-state index in [2.05, 4.69) is 5.32 Å². The van der Waals surface area contributed by atoms with Crippen molar-refractivity contribution in [3.8, 4) is 5.75 Å². The molecule has 1 rings (SSSR count). The van der Waals surface area contributed by atoms with E-state index in [4.69, 9.17) is 14.6 Å². The zero-order valence-corrected chi connectivity index (χ0v) is 12.9. The topological polar surface area (TPSA) is 108 Å². The van der Waals surface area contributed by atoms with Crippen LogP contribution >= 0.6 is 0 Å². The van der Waals surface area contributed by atoms with E-state index in [1.54, 1.807) is 7.11 Å². The monoisotopic (exact) mass is 316 g/mol. The highest BCUT2D eigenvalue weighted by Gasteiger charge is 2.14. The molecule has 1 aromatic rings. The van der Waals surface area contributed by atoms with Crippen LogP contribution in [0.15, 0.2) is 23.1 Å². The van der Waals surface area contributed by atoms with Crippen molar-refractivity contribution < 1.29 is 22.7 Å². The fourth-order valence-corrected chi connectivity index (χ4v) is 2.31. The summed E-state index contributed by atoms with van der Waals surface area (Å²) in [5.41, 5.74) is 0.466. The molecule has 8 heteroatoms. The lowest BCUT2D eigenvalue weighted by atomic mass is 10.1. The predicted octanol–water partition coefficient (Wildman–Crippen LogP) is 0.0378. The third kappa shape index (κ3) is 5.70. The van der Waals surface area contributed by atoms with Crippen molar-refractivity contribution in [2.24, 2.45) is 5.14 Å². The van der Waals surface area contributed by atoms with E-state index in [0.717, 1.165) is 0 Å². The van der Waals surface area contributed by atoms with E-state index in [-0.39, 0.29) is 17.2 Å². The number of nitrogens with two attached hydrogens (primary N) is 1. The second kappa shape index (κ2) is 7.96. The third-order valence-electron chi connectivity index (χ3n) is 2.78. The lowest BCUT2D eigenvalue weighted by molar-refractivity contribution is -0.120. The van der Waals surface area contributed by atoms with Crippen molar-refractivity contribution in [3.05, 3.63) is 23.8 Å². The van der Waals surface area contributed by atoms with Gasteiger partial charge >= 0.3 is 0 Å². The smallest absolute Gasteiger partial charge is 0.238 e. The minimum atomic E-state index is -3.81. The fourth-order valence-electron chi connectivity index (χ4n) is 1.75. The average Bonchev–Trinajstić information content (AvgIpc) is 2.42. The zero-order valence-electron chi connectivity index (χ0n) is 12.1. The summed E-state index contributed by atoms with van der Waals surface area (Å²) in [5.74, 6) is 0.213. The molecule has 0 saturated carbocycles. The van der Waals surface area contributed by atoms with E-state index < -0.39 is 10.0 Å². The van der Waals surface area contributed by atoms with Crippen LogP contribution in [0.5, 0.6) is 5.75 Å². The Bertz CT molecular complexity index is 586. The minimum absolute atomic E-state index is 0.0134. The second-order valence-corrected chi connectivity index (χ2v) is 5.95.